The third-order valence-corrected chi connectivity index (χ3v) is 2.96. The van der Waals surface area contributed by atoms with Gasteiger partial charge in [0, 0.05) is 18.1 Å². The minimum Gasteiger partial charge on any atom is -0.302 e. The Bertz CT molecular complexity index is 537. The van der Waals surface area contributed by atoms with Crippen LogP contribution in [0.2, 0.25) is 0 Å². The van der Waals surface area contributed by atoms with E-state index in [4.69, 9.17) is 11.6 Å². The number of imidazole rings is 1. The maximum atomic E-state index is 5.49. The summed E-state index contributed by atoms with van der Waals surface area (Å²) in [6.45, 7) is 5.60. The largest absolute Gasteiger partial charge is 0.302 e. The van der Waals surface area contributed by atoms with Gasteiger partial charge in [0.05, 0.1) is 5.69 Å². The quantitative estimate of drug-likeness (QED) is 0.467. The molecule has 0 radical (unpaired) electrons. The van der Waals surface area contributed by atoms with Crippen LogP contribution < -0.4 is 0 Å². The van der Waals surface area contributed by atoms with Crippen molar-refractivity contribution in [2.75, 3.05) is 6.00 Å². The van der Waals surface area contributed by atoms with Gasteiger partial charge in [-0.2, -0.15) is 0 Å². The first-order valence-corrected chi connectivity index (χ1v) is 6.29. The molecule has 1 aliphatic heterocycles. The number of alkyl halides is 1. The average molecular weight is 263 g/mol. The summed E-state index contributed by atoms with van der Waals surface area (Å²) in [4.78, 5) is 12.5. The van der Waals surface area contributed by atoms with Crippen molar-refractivity contribution in [2.24, 2.45) is 9.98 Å². The maximum Gasteiger partial charge on any atom is 0.163 e. The second-order valence-corrected chi connectivity index (χ2v) is 4.16. The van der Waals surface area contributed by atoms with Gasteiger partial charge >= 0.3 is 0 Å². The molecule has 0 amide bonds. The fourth-order valence-corrected chi connectivity index (χ4v) is 2.06. The average Bonchev–Trinajstić information content (AvgIpc) is 2.73. The second kappa shape index (κ2) is 5.78. The molecule has 4 nitrogen and oxygen atoms in total. The van der Waals surface area contributed by atoms with Gasteiger partial charge in [-0.15, -0.1) is 11.6 Å². The highest BCUT2D eigenvalue weighted by Crippen LogP contribution is 2.23. The molecule has 1 aliphatic rings. The van der Waals surface area contributed by atoms with Crippen molar-refractivity contribution in [1.82, 2.24) is 9.55 Å². The summed E-state index contributed by atoms with van der Waals surface area (Å²) in [5.41, 5.74) is 2.97. The highest BCUT2D eigenvalue weighted by molar-refractivity contribution is 6.18. The van der Waals surface area contributed by atoms with Crippen molar-refractivity contribution in [2.45, 2.75) is 19.8 Å². The van der Waals surface area contributed by atoms with Crippen LogP contribution in [0.1, 0.15) is 23.6 Å². The molecule has 94 valence electrons. The van der Waals surface area contributed by atoms with E-state index in [1.165, 1.54) is 5.69 Å². The molecule has 0 aromatic carbocycles. The Kier molecular flexibility index (Phi) is 4.10. The van der Waals surface area contributed by atoms with Crippen LogP contribution in [0.15, 0.2) is 22.1 Å². The third-order valence-electron chi connectivity index (χ3n) is 2.82. The molecule has 2 heterocycles. The maximum absolute atomic E-state index is 5.49. The Morgan fingerprint density at radius 1 is 1.67 bits per heavy atom. The topological polar surface area (TPSA) is 42.5 Å². The zero-order valence-electron chi connectivity index (χ0n) is 10.3. The highest BCUT2D eigenvalue weighted by Gasteiger charge is 2.16. The number of halogens is 1. The van der Waals surface area contributed by atoms with Crippen molar-refractivity contribution in [3.05, 3.63) is 29.4 Å². The first-order chi connectivity index (χ1) is 8.77. The van der Waals surface area contributed by atoms with Gasteiger partial charge in [0.15, 0.2) is 5.82 Å². The van der Waals surface area contributed by atoms with Crippen molar-refractivity contribution < 1.29 is 0 Å². The number of rotatable bonds is 4. The minimum absolute atomic E-state index is 0.236. The molecule has 0 unspecified atom stereocenters. The lowest BCUT2D eigenvalue weighted by Crippen LogP contribution is -2.03. The van der Waals surface area contributed by atoms with Crippen LogP contribution in [-0.4, -0.2) is 28.5 Å². The molecule has 5 heteroatoms. The summed E-state index contributed by atoms with van der Waals surface area (Å²) >= 11 is 5.49. The summed E-state index contributed by atoms with van der Waals surface area (Å²) in [5, 5.41) is 0. The number of nitrogens with zero attached hydrogens (tertiary/aromatic N) is 4. The van der Waals surface area contributed by atoms with Gasteiger partial charge in [0.1, 0.15) is 11.7 Å². The first-order valence-electron chi connectivity index (χ1n) is 5.75. The number of fused-ring (bicyclic) bond motifs is 1. The van der Waals surface area contributed by atoms with Crippen molar-refractivity contribution in [3.63, 3.8) is 0 Å². The molecular formula is C13H15ClN4. The van der Waals surface area contributed by atoms with Crippen molar-refractivity contribution in [3.8, 4) is 0 Å². The molecule has 0 bridgehead atoms. The standard InChI is InChI=1S/C13H15ClN4/c1-10-12-5-3-4-8-18(12)13(17-10)11(15-2)6-7-16-9-14/h4,6-8H,2-3,5,9H2,1H3/b11-6-,16-7-. The van der Waals surface area contributed by atoms with E-state index in [1.54, 1.807) is 12.3 Å². The number of hydrogen-bond donors (Lipinski definition) is 0. The molecular weight excluding hydrogens is 248 g/mol. The fraction of sp³-hybridized carbons (Fsp3) is 0.308. The van der Waals surface area contributed by atoms with Gasteiger partial charge in [-0.1, -0.05) is 6.08 Å². The number of aliphatic imine (C=N–C) groups is 2. The van der Waals surface area contributed by atoms with E-state index in [-0.39, 0.29) is 6.00 Å². The molecule has 2 rings (SSSR count). The summed E-state index contributed by atoms with van der Waals surface area (Å²) in [7, 11) is 0. The molecule has 0 aliphatic carbocycles. The summed E-state index contributed by atoms with van der Waals surface area (Å²) in [6.07, 6.45) is 9.63. The van der Waals surface area contributed by atoms with Gasteiger partial charge in [-0.25, -0.2) is 4.98 Å². The van der Waals surface area contributed by atoms with Crippen LogP contribution in [0.3, 0.4) is 0 Å². The second-order valence-electron chi connectivity index (χ2n) is 3.92. The number of aryl methyl sites for hydroxylation is 1. The first kappa shape index (κ1) is 12.8. The predicted octanol–water partition coefficient (Wildman–Crippen LogP) is 2.92. The van der Waals surface area contributed by atoms with Gasteiger partial charge in [-0.3, -0.25) is 9.98 Å². The van der Waals surface area contributed by atoms with E-state index in [1.807, 2.05) is 13.1 Å². The molecule has 0 fully saturated rings. The van der Waals surface area contributed by atoms with E-state index in [9.17, 15) is 0 Å². The molecule has 18 heavy (non-hydrogen) atoms. The minimum atomic E-state index is 0.236. The van der Waals surface area contributed by atoms with Crippen LogP contribution in [0.25, 0.3) is 11.9 Å². The summed E-state index contributed by atoms with van der Waals surface area (Å²) in [5.74, 6) is 0.800. The van der Waals surface area contributed by atoms with Crippen LogP contribution in [0.4, 0.5) is 0 Å². The van der Waals surface area contributed by atoms with E-state index in [2.05, 4.69) is 32.3 Å². The molecule has 1 aromatic rings. The fourth-order valence-electron chi connectivity index (χ4n) is 1.98. The molecule has 0 N–H and O–H groups in total. The lowest BCUT2D eigenvalue weighted by molar-refractivity contribution is 0.861. The smallest absolute Gasteiger partial charge is 0.163 e. The molecule has 0 saturated heterocycles. The van der Waals surface area contributed by atoms with Crippen LogP contribution >= 0.6 is 11.6 Å². The lowest BCUT2D eigenvalue weighted by Gasteiger charge is -2.10. The monoisotopic (exact) mass is 262 g/mol. The number of hydrogen-bond acceptors (Lipinski definition) is 3. The highest BCUT2D eigenvalue weighted by atomic mass is 35.5. The summed E-state index contributed by atoms with van der Waals surface area (Å²) < 4.78 is 2.06. The molecule has 0 atom stereocenters. The SMILES string of the molecule is C=N/C(=C\C=N/CCl)c1nc(C)c2n1C=CCC2. The van der Waals surface area contributed by atoms with Gasteiger partial charge in [-0.05, 0) is 32.6 Å². The zero-order chi connectivity index (χ0) is 13.0. The third kappa shape index (κ3) is 2.43. The summed E-state index contributed by atoms with van der Waals surface area (Å²) in [6, 6.07) is 0.236. The van der Waals surface area contributed by atoms with E-state index >= 15 is 0 Å². The van der Waals surface area contributed by atoms with E-state index < -0.39 is 0 Å². The lowest BCUT2D eigenvalue weighted by atomic mass is 10.1. The Morgan fingerprint density at radius 3 is 3.22 bits per heavy atom. The van der Waals surface area contributed by atoms with Gasteiger partial charge in [0.25, 0.3) is 0 Å². The molecule has 0 spiro atoms. The Balaban J connectivity index is 2.44. The molecule has 1 aromatic heterocycles. The van der Waals surface area contributed by atoms with Gasteiger partial charge < -0.3 is 4.57 Å². The zero-order valence-corrected chi connectivity index (χ0v) is 11.1. The van der Waals surface area contributed by atoms with Crippen molar-refractivity contribution >= 4 is 36.4 Å². The molecule has 0 saturated carbocycles. The number of aromatic nitrogens is 2. The van der Waals surface area contributed by atoms with Crippen LogP contribution in [0.5, 0.6) is 0 Å². The number of allylic oxidation sites excluding steroid dienone is 2. The van der Waals surface area contributed by atoms with E-state index in [0.29, 0.717) is 5.70 Å². The Morgan fingerprint density at radius 2 is 2.50 bits per heavy atom. The van der Waals surface area contributed by atoms with Crippen LogP contribution in [-0.2, 0) is 6.42 Å². The predicted molar refractivity (Wildman–Crippen MR) is 77.4 cm³/mol. The van der Waals surface area contributed by atoms with E-state index in [0.717, 1.165) is 24.4 Å². The normalized spacial score (nSPS) is 15.1. The van der Waals surface area contributed by atoms with Crippen molar-refractivity contribution in [1.29, 1.82) is 0 Å². The van der Waals surface area contributed by atoms with Gasteiger partial charge in [0.2, 0.25) is 0 Å². The Hall–Kier alpha value is -1.68. The Labute approximate surface area is 111 Å². The van der Waals surface area contributed by atoms with Crippen LogP contribution in [0, 0.1) is 6.92 Å².